The van der Waals surface area contributed by atoms with Gasteiger partial charge in [-0.25, -0.2) is 4.79 Å². The van der Waals surface area contributed by atoms with Gasteiger partial charge < -0.3 is 31.4 Å². The summed E-state index contributed by atoms with van der Waals surface area (Å²) in [6.45, 7) is 2.01. The Morgan fingerprint density at radius 1 is 1.23 bits per heavy atom. The number of hydrogen-bond donors (Lipinski definition) is 5. The molecule has 2 aromatic rings. The quantitative estimate of drug-likeness (QED) is 0.304. The van der Waals surface area contributed by atoms with Crippen LogP contribution in [-0.4, -0.2) is 81.4 Å². The average molecular weight is 504 g/mol. The zero-order valence-corrected chi connectivity index (χ0v) is 20.8. The maximum Gasteiger partial charge on any atom is 0.326 e. The van der Waals surface area contributed by atoms with Crippen molar-refractivity contribution in [3.63, 3.8) is 0 Å². The smallest absolute Gasteiger partial charge is 0.326 e. The number of hydrogen-bond acceptors (Lipinski definition) is 6. The Bertz CT molecular complexity index is 1070. The van der Waals surface area contributed by atoms with Gasteiger partial charge in [0.15, 0.2) is 0 Å². The summed E-state index contributed by atoms with van der Waals surface area (Å²) in [5.74, 6) is -1.88. The van der Waals surface area contributed by atoms with Crippen molar-refractivity contribution in [3.05, 3.63) is 36.0 Å². The molecule has 4 atom stereocenters. The molecule has 4 unspecified atom stereocenters. The van der Waals surface area contributed by atoms with E-state index in [1.54, 1.807) is 13.1 Å². The van der Waals surface area contributed by atoms with Gasteiger partial charge in [0.05, 0.1) is 6.04 Å². The number of nitrogens with two attached hydrogens (primary N) is 1. The number of nitrogens with one attached hydrogen (secondary N) is 3. The lowest BCUT2D eigenvalue weighted by Gasteiger charge is -2.28. The van der Waals surface area contributed by atoms with Crippen LogP contribution in [0.4, 0.5) is 0 Å². The summed E-state index contributed by atoms with van der Waals surface area (Å²) in [4.78, 5) is 55.1. The number of benzene rings is 1. The van der Waals surface area contributed by atoms with Crippen LogP contribution in [0.3, 0.4) is 0 Å². The number of carboxylic acid groups (broad SMARTS) is 1. The van der Waals surface area contributed by atoms with Gasteiger partial charge in [-0.1, -0.05) is 18.2 Å². The van der Waals surface area contributed by atoms with Gasteiger partial charge in [0, 0.05) is 30.1 Å². The molecule has 2 heterocycles. The number of fused-ring (bicyclic) bond motifs is 1. The third kappa shape index (κ3) is 6.55. The first-order valence-electron chi connectivity index (χ1n) is 11.7. The van der Waals surface area contributed by atoms with E-state index >= 15 is 0 Å². The number of amides is 3. The van der Waals surface area contributed by atoms with E-state index in [9.17, 15) is 24.3 Å². The number of carbonyl (C=O) groups excluding carboxylic acids is 3. The van der Waals surface area contributed by atoms with Crippen LogP contribution in [0.15, 0.2) is 30.5 Å². The molecule has 0 radical (unpaired) electrons. The molecule has 1 fully saturated rings. The van der Waals surface area contributed by atoms with Crippen LogP contribution in [0.1, 0.15) is 31.7 Å². The molecule has 1 aliphatic rings. The largest absolute Gasteiger partial charge is 0.480 e. The monoisotopic (exact) mass is 503 g/mol. The average Bonchev–Trinajstić information content (AvgIpc) is 3.48. The second-order valence-corrected chi connectivity index (χ2v) is 9.77. The number of aromatic amines is 1. The molecule has 1 aromatic carbocycles. The molecule has 0 aliphatic carbocycles. The summed E-state index contributed by atoms with van der Waals surface area (Å²) in [5, 5.41) is 16.0. The van der Waals surface area contributed by atoms with Crippen LogP contribution in [0.2, 0.25) is 0 Å². The number of aliphatic carboxylic acids is 1. The number of rotatable bonds is 11. The topological polar surface area (TPSA) is 158 Å². The summed E-state index contributed by atoms with van der Waals surface area (Å²) >= 11 is 1.51. The highest BCUT2D eigenvalue weighted by Crippen LogP contribution is 2.20. The number of nitrogens with zero attached hydrogens (tertiary/aromatic N) is 1. The Morgan fingerprint density at radius 2 is 1.97 bits per heavy atom. The lowest BCUT2D eigenvalue weighted by molar-refractivity contribution is -0.143. The molecule has 190 valence electrons. The van der Waals surface area contributed by atoms with Crippen molar-refractivity contribution < 1.29 is 24.3 Å². The lowest BCUT2D eigenvalue weighted by Crippen LogP contribution is -2.56. The predicted molar refractivity (Wildman–Crippen MR) is 135 cm³/mol. The molecule has 1 aliphatic heterocycles. The number of likely N-dealkylation sites (tertiary alicyclic amines) is 1. The predicted octanol–water partition coefficient (Wildman–Crippen LogP) is 0.856. The molecular formula is C24H33N5O5S. The summed E-state index contributed by atoms with van der Waals surface area (Å²) in [6.07, 6.45) is 5.20. The molecule has 1 saturated heterocycles. The van der Waals surface area contributed by atoms with Crippen molar-refractivity contribution in [3.8, 4) is 0 Å². The van der Waals surface area contributed by atoms with E-state index in [1.165, 1.54) is 16.7 Å². The van der Waals surface area contributed by atoms with Gasteiger partial charge in [-0.2, -0.15) is 11.8 Å². The summed E-state index contributed by atoms with van der Waals surface area (Å²) in [7, 11) is 0. The van der Waals surface area contributed by atoms with Crippen molar-refractivity contribution in [1.29, 1.82) is 0 Å². The first-order valence-corrected chi connectivity index (χ1v) is 13.1. The fourth-order valence-electron chi connectivity index (χ4n) is 4.33. The Hall–Kier alpha value is -3.05. The van der Waals surface area contributed by atoms with E-state index in [1.807, 2.05) is 30.5 Å². The van der Waals surface area contributed by atoms with E-state index < -0.39 is 42.0 Å². The van der Waals surface area contributed by atoms with Crippen LogP contribution < -0.4 is 16.4 Å². The van der Waals surface area contributed by atoms with Gasteiger partial charge >= 0.3 is 5.97 Å². The van der Waals surface area contributed by atoms with Crippen LogP contribution in [0, 0.1) is 0 Å². The van der Waals surface area contributed by atoms with Crippen LogP contribution >= 0.6 is 11.8 Å². The number of thioether (sulfide) groups is 1. The van der Waals surface area contributed by atoms with Gasteiger partial charge in [0.25, 0.3) is 0 Å². The van der Waals surface area contributed by atoms with E-state index in [0.29, 0.717) is 31.6 Å². The molecule has 3 rings (SSSR count). The van der Waals surface area contributed by atoms with Gasteiger partial charge in [0.1, 0.15) is 18.1 Å². The third-order valence-electron chi connectivity index (χ3n) is 6.19. The zero-order valence-electron chi connectivity index (χ0n) is 20.0. The van der Waals surface area contributed by atoms with Gasteiger partial charge in [-0.15, -0.1) is 0 Å². The van der Waals surface area contributed by atoms with Gasteiger partial charge in [-0.3, -0.25) is 14.4 Å². The number of para-hydroxylation sites is 1. The highest BCUT2D eigenvalue weighted by molar-refractivity contribution is 7.98. The van der Waals surface area contributed by atoms with Crippen LogP contribution in [0.5, 0.6) is 0 Å². The molecule has 35 heavy (non-hydrogen) atoms. The van der Waals surface area contributed by atoms with E-state index in [-0.39, 0.29) is 12.3 Å². The number of carbonyl (C=O) groups is 4. The minimum atomic E-state index is -1.17. The molecule has 11 heteroatoms. The van der Waals surface area contributed by atoms with E-state index in [0.717, 1.165) is 16.5 Å². The first kappa shape index (κ1) is 26.6. The Labute approximate surface area is 208 Å². The molecule has 6 N–H and O–H groups in total. The standard InChI is InChI=1S/C24H33N5O5S/c1-14(25)23(32)29-10-5-8-20(29)22(31)27-18(9-11-35-2)21(30)28-19(24(33)34)12-15-13-26-17-7-4-3-6-16(15)17/h3-4,6-7,13-14,18-20,26H,5,8-12,25H2,1-2H3,(H,27,31)(H,28,30)(H,33,34). The van der Waals surface area contributed by atoms with Crippen molar-refractivity contribution in [2.24, 2.45) is 5.73 Å². The molecule has 1 aromatic heterocycles. The number of aromatic nitrogens is 1. The van der Waals surface area contributed by atoms with Gasteiger partial charge in [0.2, 0.25) is 17.7 Å². The Balaban J connectivity index is 1.71. The highest BCUT2D eigenvalue weighted by atomic mass is 32.2. The van der Waals surface area contributed by atoms with E-state index in [4.69, 9.17) is 5.73 Å². The number of carboxylic acids is 1. The first-order chi connectivity index (χ1) is 16.7. The minimum absolute atomic E-state index is 0.0908. The van der Waals surface area contributed by atoms with Crippen LogP contribution in [-0.2, 0) is 25.6 Å². The second-order valence-electron chi connectivity index (χ2n) is 8.78. The molecule has 0 spiro atoms. The normalized spacial score (nSPS) is 18.1. The second kappa shape index (κ2) is 12.1. The van der Waals surface area contributed by atoms with Crippen molar-refractivity contribution >= 4 is 46.4 Å². The maximum absolute atomic E-state index is 13.1. The lowest BCUT2D eigenvalue weighted by atomic mass is 10.0. The summed E-state index contributed by atoms with van der Waals surface area (Å²) in [6, 6.07) is 4.02. The van der Waals surface area contributed by atoms with Crippen molar-refractivity contribution in [2.45, 2.75) is 56.8 Å². The molecule has 3 amide bonds. The number of H-pyrrole nitrogens is 1. The fourth-order valence-corrected chi connectivity index (χ4v) is 4.80. The summed E-state index contributed by atoms with van der Waals surface area (Å²) < 4.78 is 0. The molecule has 0 bridgehead atoms. The van der Waals surface area contributed by atoms with Gasteiger partial charge in [-0.05, 0) is 49.8 Å². The Morgan fingerprint density at radius 3 is 2.66 bits per heavy atom. The summed E-state index contributed by atoms with van der Waals surface area (Å²) in [5.41, 5.74) is 7.37. The third-order valence-corrected chi connectivity index (χ3v) is 6.83. The van der Waals surface area contributed by atoms with Crippen molar-refractivity contribution in [1.82, 2.24) is 20.5 Å². The zero-order chi connectivity index (χ0) is 25.5. The minimum Gasteiger partial charge on any atom is -0.480 e. The highest BCUT2D eigenvalue weighted by Gasteiger charge is 2.37. The van der Waals surface area contributed by atoms with Crippen molar-refractivity contribution in [2.75, 3.05) is 18.6 Å². The SMILES string of the molecule is CSCCC(NC(=O)C1CCCN1C(=O)C(C)N)C(=O)NC(Cc1c[nH]c2ccccc12)C(=O)O. The molecule has 0 saturated carbocycles. The Kier molecular flexibility index (Phi) is 9.16. The van der Waals surface area contributed by atoms with Crippen LogP contribution in [0.25, 0.3) is 10.9 Å². The van der Waals surface area contributed by atoms with E-state index in [2.05, 4.69) is 15.6 Å². The fraction of sp³-hybridized carbons (Fsp3) is 0.500. The maximum atomic E-state index is 13.1. The molecular weight excluding hydrogens is 470 g/mol. The molecule has 10 nitrogen and oxygen atoms in total.